The number of nitrogens with zero attached hydrogens (tertiary/aromatic N) is 6. The van der Waals surface area contributed by atoms with Crippen LogP contribution < -0.4 is 16.3 Å². The van der Waals surface area contributed by atoms with Gasteiger partial charge >= 0.3 is 5.69 Å². The van der Waals surface area contributed by atoms with Crippen LogP contribution in [0.15, 0.2) is 58.9 Å². The molecule has 0 unspecified atom stereocenters. The predicted octanol–water partition coefficient (Wildman–Crippen LogP) is 4.08. The van der Waals surface area contributed by atoms with E-state index in [9.17, 15) is 18.0 Å². The molecular weight excluding hydrogens is 621 g/mol. The maximum absolute atomic E-state index is 15.2. The van der Waals surface area contributed by atoms with Crippen LogP contribution in [0.4, 0.5) is 15.9 Å². The Kier molecular flexibility index (Phi) is 7.86. The molecule has 4 heterocycles. The number of piperazine rings is 1. The maximum atomic E-state index is 15.2. The number of aromatic nitrogens is 4. The van der Waals surface area contributed by atoms with E-state index in [4.69, 9.17) is 22.3 Å². The summed E-state index contributed by atoms with van der Waals surface area (Å²) in [6.07, 6.45) is 4.46. The van der Waals surface area contributed by atoms with E-state index in [2.05, 4.69) is 16.5 Å². The van der Waals surface area contributed by atoms with Gasteiger partial charge in [-0.1, -0.05) is 30.7 Å². The van der Waals surface area contributed by atoms with Gasteiger partial charge in [-0.2, -0.15) is 4.98 Å². The van der Waals surface area contributed by atoms with Crippen molar-refractivity contribution in [3.63, 3.8) is 0 Å². The third kappa shape index (κ3) is 5.13. The van der Waals surface area contributed by atoms with Gasteiger partial charge in [0, 0.05) is 37.6 Å². The molecule has 6 rings (SSSR count). The van der Waals surface area contributed by atoms with Gasteiger partial charge < -0.3 is 15.5 Å². The molecule has 14 heteroatoms. The fourth-order valence-corrected chi connectivity index (χ4v) is 8.31. The molecule has 11 nitrogen and oxygen atoms in total. The van der Waals surface area contributed by atoms with Crippen molar-refractivity contribution in [2.24, 2.45) is 0 Å². The fraction of sp³-hybridized carbons (Fsp3) is 0.323. The number of nitrogen functional groups attached to an aromatic ring is 1. The maximum Gasteiger partial charge on any atom is 0.355 e. The molecule has 2 fully saturated rings. The van der Waals surface area contributed by atoms with E-state index in [1.165, 1.54) is 42.6 Å². The van der Waals surface area contributed by atoms with E-state index in [-0.39, 0.29) is 61.7 Å². The Morgan fingerprint density at radius 1 is 1.20 bits per heavy atom. The zero-order valence-electron chi connectivity index (χ0n) is 24.7. The van der Waals surface area contributed by atoms with Crippen molar-refractivity contribution in [3.05, 3.63) is 76.2 Å². The van der Waals surface area contributed by atoms with Gasteiger partial charge in [-0.25, -0.2) is 27.2 Å². The standard InChI is InChI=1S/C31H31ClFN7O4S/c1-4-25(41)38-13-14-39(17(2)16-38)29-20-15-21(32)27(26-22(33)9-6-10-23(26)34)36-30(20)40(31(42)37-29)28-18(3)35-12-11-24(28)45(43,44)19-7-5-8-19/h4,6,9-12,15,17,19H,1,5,7-8,13-14,16,34H2,2-3H3/t17-/m0/s1. The first-order valence-corrected chi connectivity index (χ1v) is 16.4. The summed E-state index contributed by atoms with van der Waals surface area (Å²) in [4.78, 5) is 43.4. The molecule has 1 atom stereocenters. The Morgan fingerprint density at radius 2 is 1.96 bits per heavy atom. The van der Waals surface area contributed by atoms with Gasteiger partial charge in [0.25, 0.3) is 0 Å². The number of fused-ring (bicyclic) bond motifs is 1. The van der Waals surface area contributed by atoms with Crippen LogP contribution in [0.3, 0.4) is 0 Å². The minimum Gasteiger partial charge on any atom is -0.398 e. The highest BCUT2D eigenvalue weighted by molar-refractivity contribution is 7.92. The van der Waals surface area contributed by atoms with Crippen LogP contribution in [0, 0.1) is 12.7 Å². The molecule has 4 aromatic rings. The number of carbonyl (C=O) groups is 1. The van der Waals surface area contributed by atoms with Crippen LogP contribution in [-0.2, 0) is 14.6 Å². The first-order chi connectivity index (χ1) is 21.4. The lowest BCUT2D eigenvalue weighted by molar-refractivity contribution is -0.126. The molecule has 45 heavy (non-hydrogen) atoms. The molecule has 1 aromatic carbocycles. The van der Waals surface area contributed by atoms with E-state index in [0.717, 1.165) is 11.0 Å². The first kappa shape index (κ1) is 30.7. The van der Waals surface area contributed by atoms with Gasteiger partial charge in [-0.15, -0.1) is 0 Å². The van der Waals surface area contributed by atoms with Gasteiger partial charge in [0.05, 0.1) is 43.2 Å². The second-order valence-electron chi connectivity index (χ2n) is 11.3. The number of amides is 1. The van der Waals surface area contributed by atoms with Crippen LogP contribution in [0.5, 0.6) is 0 Å². The second kappa shape index (κ2) is 11.5. The topological polar surface area (TPSA) is 144 Å². The summed E-state index contributed by atoms with van der Waals surface area (Å²) in [6, 6.07) is 6.82. The van der Waals surface area contributed by atoms with Gasteiger partial charge in [0.15, 0.2) is 15.5 Å². The van der Waals surface area contributed by atoms with Crippen molar-refractivity contribution in [3.8, 4) is 16.9 Å². The highest BCUT2D eigenvalue weighted by atomic mass is 35.5. The number of nitrogens with two attached hydrogens (primary N) is 1. The van der Waals surface area contributed by atoms with Crippen molar-refractivity contribution in [2.45, 2.75) is 49.3 Å². The van der Waals surface area contributed by atoms with Crippen molar-refractivity contribution in [2.75, 3.05) is 30.3 Å². The predicted molar refractivity (Wildman–Crippen MR) is 171 cm³/mol. The molecule has 0 spiro atoms. The van der Waals surface area contributed by atoms with Crippen molar-refractivity contribution >= 4 is 49.9 Å². The quantitative estimate of drug-likeness (QED) is 0.241. The number of halogens is 2. The lowest BCUT2D eigenvalue weighted by Crippen LogP contribution is -2.54. The Balaban J connectivity index is 1.66. The summed E-state index contributed by atoms with van der Waals surface area (Å²) in [6.45, 7) is 8.08. The summed E-state index contributed by atoms with van der Waals surface area (Å²) in [5.41, 5.74) is 5.65. The molecule has 1 saturated carbocycles. The molecule has 1 saturated heterocycles. The van der Waals surface area contributed by atoms with Crippen molar-refractivity contribution in [1.82, 2.24) is 24.4 Å². The average Bonchev–Trinajstić information content (AvgIpc) is 2.96. The van der Waals surface area contributed by atoms with E-state index in [1.54, 1.807) is 11.8 Å². The highest BCUT2D eigenvalue weighted by Gasteiger charge is 2.37. The van der Waals surface area contributed by atoms with Crippen LogP contribution in [0.1, 0.15) is 31.9 Å². The van der Waals surface area contributed by atoms with E-state index < -0.39 is 26.6 Å². The zero-order chi connectivity index (χ0) is 32.2. The zero-order valence-corrected chi connectivity index (χ0v) is 26.3. The largest absolute Gasteiger partial charge is 0.398 e. The molecule has 234 valence electrons. The summed E-state index contributed by atoms with van der Waals surface area (Å²) < 4.78 is 43.9. The Labute approximate surface area is 264 Å². The molecule has 2 aliphatic rings. The molecule has 1 amide bonds. The average molecular weight is 652 g/mol. The molecule has 2 N–H and O–H groups in total. The van der Waals surface area contributed by atoms with Crippen molar-refractivity contribution < 1.29 is 17.6 Å². The number of hydrogen-bond acceptors (Lipinski definition) is 9. The molecule has 1 aliphatic heterocycles. The lowest BCUT2D eigenvalue weighted by atomic mass is 10.00. The van der Waals surface area contributed by atoms with Gasteiger partial charge in [0.1, 0.15) is 11.6 Å². The SMILES string of the molecule is C=CC(=O)N1CCN(c2nc(=O)n(-c3c(S(=O)(=O)C4CCC4)ccnc3C)c3nc(-c4c(N)cccc4F)c(Cl)cc23)[C@@H](C)C1. The monoisotopic (exact) mass is 651 g/mol. The number of pyridine rings is 2. The van der Waals surface area contributed by atoms with E-state index in [1.807, 2.05) is 11.8 Å². The summed E-state index contributed by atoms with van der Waals surface area (Å²) in [5.74, 6) is -0.634. The fourth-order valence-electron chi connectivity index (χ4n) is 5.99. The minimum atomic E-state index is -3.85. The van der Waals surface area contributed by atoms with Gasteiger partial charge in [0.2, 0.25) is 5.91 Å². The number of carbonyl (C=O) groups excluding carboxylic acids is 1. The molecule has 3 aromatic heterocycles. The number of benzene rings is 1. The van der Waals surface area contributed by atoms with Crippen LogP contribution in [-0.4, -0.2) is 69.7 Å². The number of anilines is 2. The smallest absolute Gasteiger partial charge is 0.355 e. The minimum absolute atomic E-state index is 0.00464. The van der Waals surface area contributed by atoms with E-state index >= 15 is 4.39 Å². The Bertz CT molecular complexity index is 2030. The highest BCUT2D eigenvalue weighted by Crippen LogP contribution is 2.39. The summed E-state index contributed by atoms with van der Waals surface area (Å²) in [5, 5.41) is -0.214. The third-order valence-electron chi connectivity index (χ3n) is 8.56. The van der Waals surface area contributed by atoms with Crippen molar-refractivity contribution in [1.29, 1.82) is 0 Å². The van der Waals surface area contributed by atoms with Gasteiger partial charge in [-0.05, 0) is 57.0 Å². The number of hydrogen-bond donors (Lipinski definition) is 1. The number of sulfone groups is 1. The van der Waals surface area contributed by atoms with Gasteiger partial charge in [-0.3, -0.25) is 9.78 Å². The third-order valence-corrected chi connectivity index (χ3v) is 11.1. The van der Waals surface area contributed by atoms with Crippen LogP contribution in [0.2, 0.25) is 5.02 Å². The molecule has 0 radical (unpaired) electrons. The normalized spacial score (nSPS) is 17.4. The molecule has 0 bridgehead atoms. The number of aryl methyl sites for hydroxylation is 1. The van der Waals surface area contributed by atoms with Crippen LogP contribution >= 0.6 is 11.6 Å². The lowest BCUT2D eigenvalue weighted by Gasteiger charge is -2.40. The number of rotatable bonds is 6. The molecular formula is C31H31ClFN7O4S. The first-order valence-electron chi connectivity index (χ1n) is 14.5. The Hall–Kier alpha value is -4.36. The Morgan fingerprint density at radius 3 is 2.60 bits per heavy atom. The summed E-state index contributed by atoms with van der Waals surface area (Å²) in [7, 11) is -3.85. The second-order valence-corrected chi connectivity index (χ2v) is 13.9. The summed E-state index contributed by atoms with van der Waals surface area (Å²) >= 11 is 6.76. The van der Waals surface area contributed by atoms with Crippen LogP contribution in [0.25, 0.3) is 28.0 Å². The van der Waals surface area contributed by atoms with E-state index in [0.29, 0.717) is 37.9 Å². The molecule has 1 aliphatic carbocycles.